The van der Waals surface area contributed by atoms with Gasteiger partial charge < -0.3 is 5.11 Å². The molecular weight excluding hydrogens is 428 g/mol. The highest BCUT2D eigenvalue weighted by molar-refractivity contribution is 9.10. The molecule has 4 heteroatoms. The Balaban J connectivity index is 1.59. The smallest absolute Gasteiger partial charge is 0.306 e. The Morgan fingerprint density at radius 2 is 1.41 bits per heavy atom. The summed E-state index contributed by atoms with van der Waals surface area (Å²) in [5, 5.41) is 9.53. The van der Waals surface area contributed by atoms with Crippen LogP contribution in [-0.4, -0.2) is 16.9 Å². The Labute approximate surface area is 179 Å². The van der Waals surface area contributed by atoms with Crippen molar-refractivity contribution in [2.45, 2.75) is 25.7 Å². The zero-order valence-electron chi connectivity index (χ0n) is 16.1. The maximum absolute atomic E-state index is 12.6. The molecule has 0 saturated heterocycles. The van der Waals surface area contributed by atoms with Gasteiger partial charge in [0.05, 0.1) is 5.92 Å². The molecule has 3 aromatic rings. The first-order chi connectivity index (χ1) is 14.0. The summed E-state index contributed by atoms with van der Waals surface area (Å²) in [5.41, 5.74) is 3.83. The molecule has 148 valence electrons. The van der Waals surface area contributed by atoms with Crippen molar-refractivity contribution in [2.75, 3.05) is 0 Å². The summed E-state index contributed by atoms with van der Waals surface area (Å²) in [4.78, 5) is 24.2. The zero-order valence-corrected chi connectivity index (χ0v) is 17.6. The molecule has 0 saturated carbocycles. The summed E-state index contributed by atoms with van der Waals surface area (Å²) in [7, 11) is 0. The lowest BCUT2D eigenvalue weighted by atomic mass is 9.92. The first-order valence-corrected chi connectivity index (χ1v) is 10.5. The van der Waals surface area contributed by atoms with Gasteiger partial charge in [-0.05, 0) is 48.1 Å². The second-order valence-corrected chi connectivity index (χ2v) is 8.04. The summed E-state index contributed by atoms with van der Waals surface area (Å²) in [6, 6.07) is 25.3. The molecule has 0 bridgehead atoms. The third kappa shape index (κ3) is 6.13. The Bertz CT molecular complexity index is 948. The highest BCUT2D eigenvalue weighted by atomic mass is 79.9. The van der Waals surface area contributed by atoms with Gasteiger partial charge in [-0.15, -0.1) is 0 Å². The van der Waals surface area contributed by atoms with Crippen LogP contribution in [0.4, 0.5) is 0 Å². The lowest BCUT2D eigenvalue weighted by Gasteiger charge is -2.12. The van der Waals surface area contributed by atoms with E-state index in [0.29, 0.717) is 12.0 Å². The van der Waals surface area contributed by atoms with E-state index in [-0.39, 0.29) is 12.2 Å². The summed E-state index contributed by atoms with van der Waals surface area (Å²) in [5.74, 6) is -1.69. The van der Waals surface area contributed by atoms with E-state index in [4.69, 9.17) is 0 Å². The number of hydrogen-bond donors (Lipinski definition) is 1. The standard InChI is InChI=1S/C25H23BrO3/c26-23-15-13-20(14-16-23)19-9-11-21(12-10-19)24(27)17-22(25(28)29)8-4-7-18-5-2-1-3-6-18/h1-3,5-6,9-16,22H,4,7-8,17H2,(H,28,29). The van der Waals surface area contributed by atoms with E-state index in [1.165, 1.54) is 5.56 Å². The number of carbonyl (C=O) groups is 2. The second kappa shape index (κ2) is 10.2. The van der Waals surface area contributed by atoms with Crippen LogP contribution in [0.5, 0.6) is 0 Å². The summed E-state index contributed by atoms with van der Waals surface area (Å²) >= 11 is 3.42. The van der Waals surface area contributed by atoms with Crippen molar-refractivity contribution in [1.29, 1.82) is 0 Å². The van der Waals surface area contributed by atoms with E-state index in [2.05, 4.69) is 15.9 Å². The molecule has 3 rings (SSSR count). The molecular formula is C25H23BrO3. The normalized spacial score (nSPS) is 11.8. The van der Waals surface area contributed by atoms with Gasteiger partial charge in [-0.3, -0.25) is 9.59 Å². The maximum atomic E-state index is 12.6. The minimum Gasteiger partial charge on any atom is -0.481 e. The van der Waals surface area contributed by atoms with Crippen LogP contribution in [0.3, 0.4) is 0 Å². The fraction of sp³-hybridized carbons (Fsp3) is 0.200. The van der Waals surface area contributed by atoms with Gasteiger partial charge >= 0.3 is 5.97 Å². The molecule has 1 atom stereocenters. The van der Waals surface area contributed by atoms with Crippen LogP contribution >= 0.6 is 15.9 Å². The van der Waals surface area contributed by atoms with Crippen LogP contribution in [0.15, 0.2) is 83.3 Å². The molecule has 0 heterocycles. The lowest BCUT2D eigenvalue weighted by Crippen LogP contribution is -2.18. The molecule has 0 radical (unpaired) electrons. The molecule has 29 heavy (non-hydrogen) atoms. The molecule has 0 fully saturated rings. The Kier molecular flexibility index (Phi) is 7.36. The fourth-order valence-electron chi connectivity index (χ4n) is 3.34. The van der Waals surface area contributed by atoms with Crippen LogP contribution in [0, 0.1) is 5.92 Å². The first-order valence-electron chi connectivity index (χ1n) is 9.69. The van der Waals surface area contributed by atoms with Gasteiger partial charge in [-0.2, -0.15) is 0 Å². The molecule has 0 spiro atoms. The third-order valence-electron chi connectivity index (χ3n) is 5.03. The number of carbonyl (C=O) groups excluding carboxylic acids is 1. The van der Waals surface area contributed by atoms with Crippen molar-refractivity contribution in [3.63, 3.8) is 0 Å². The number of ketones is 1. The van der Waals surface area contributed by atoms with Crippen LogP contribution in [0.2, 0.25) is 0 Å². The number of benzene rings is 3. The Morgan fingerprint density at radius 1 is 0.828 bits per heavy atom. The quantitative estimate of drug-likeness (QED) is 0.383. The highest BCUT2D eigenvalue weighted by Gasteiger charge is 2.21. The van der Waals surface area contributed by atoms with Gasteiger partial charge in [0.1, 0.15) is 0 Å². The van der Waals surface area contributed by atoms with E-state index >= 15 is 0 Å². The zero-order chi connectivity index (χ0) is 20.6. The molecule has 1 unspecified atom stereocenters. The predicted octanol–water partition coefficient (Wildman–Crippen LogP) is 6.41. The molecule has 0 aliphatic heterocycles. The minimum atomic E-state index is -0.905. The third-order valence-corrected chi connectivity index (χ3v) is 5.55. The van der Waals surface area contributed by atoms with Crippen LogP contribution in [0.25, 0.3) is 11.1 Å². The molecule has 0 aliphatic rings. The number of hydrogen-bond acceptors (Lipinski definition) is 2. The number of carboxylic acid groups (broad SMARTS) is 1. The molecule has 0 amide bonds. The summed E-state index contributed by atoms with van der Waals surface area (Å²) in [6.45, 7) is 0. The van der Waals surface area contributed by atoms with Crippen LogP contribution < -0.4 is 0 Å². The fourth-order valence-corrected chi connectivity index (χ4v) is 3.61. The van der Waals surface area contributed by atoms with Gasteiger partial charge in [0.25, 0.3) is 0 Å². The second-order valence-electron chi connectivity index (χ2n) is 7.12. The first kappa shape index (κ1) is 21.0. The number of Topliss-reactive ketones (excluding diaryl/α,β-unsaturated/α-hetero) is 1. The van der Waals surface area contributed by atoms with Crippen LogP contribution in [-0.2, 0) is 11.2 Å². The van der Waals surface area contributed by atoms with Gasteiger partial charge in [0.2, 0.25) is 0 Å². The van der Waals surface area contributed by atoms with E-state index < -0.39 is 11.9 Å². The van der Waals surface area contributed by atoms with Crippen molar-refractivity contribution < 1.29 is 14.7 Å². The molecule has 3 aromatic carbocycles. The monoisotopic (exact) mass is 450 g/mol. The van der Waals surface area contributed by atoms with Crippen molar-refractivity contribution in [1.82, 2.24) is 0 Å². The Morgan fingerprint density at radius 3 is 2.00 bits per heavy atom. The average Bonchev–Trinajstić information content (AvgIpc) is 2.74. The van der Waals surface area contributed by atoms with Crippen molar-refractivity contribution in [2.24, 2.45) is 5.92 Å². The number of aliphatic carboxylic acids is 1. The largest absolute Gasteiger partial charge is 0.481 e. The predicted molar refractivity (Wildman–Crippen MR) is 119 cm³/mol. The van der Waals surface area contributed by atoms with Crippen molar-refractivity contribution >= 4 is 27.7 Å². The number of carboxylic acids is 1. The SMILES string of the molecule is O=C(CC(CCCc1ccccc1)C(=O)O)c1ccc(-c2ccc(Br)cc2)cc1. The van der Waals surface area contributed by atoms with Gasteiger partial charge in [-0.1, -0.05) is 82.7 Å². The topological polar surface area (TPSA) is 54.4 Å². The van der Waals surface area contributed by atoms with E-state index in [1.807, 2.05) is 66.7 Å². The van der Waals surface area contributed by atoms with E-state index in [9.17, 15) is 14.7 Å². The van der Waals surface area contributed by atoms with Crippen molar-refractivity contribution in [3.05, 3.63) is 94.5 Å². The van der Waals surface area contributed by atoms with Gasteiger partial charge in [0.15, 0.2) is 5.78 Å². The van der Waals surface area contributed by atoms with E-state index in [1.54, 1.807) is 12.1 Å². The summed E-state index contributed by atoms with van der Waals surface area (Å²) < 4.78 is 1.01. The average molecular weight is 451 g/mol. The molecule has 1 N–H and O–H groups in total. The molecule has 3 nitrogen and oxygen atoms in total. The number of aryl methyl sites for hydroxylation is 1. The van der Waals surface area contributed by atoms with Gasteiger partial charge in [0, 0.05) is 16.5 Å². The molecule has 0 aromatic heterocycles. The Hall–Kier alpha value is -2.72. The highest BCUT2D eigenvalue weighted by Crippen LogP contribution is 2.23. The summed E-state index contributed by atoms with van der Waals surface area (Å²) in [6.07, 6.45) is 2.09. The van der Waals surface area contributed by atoms with Crippen molar-refractivity contribution in [3.8, 4) is 11.1 Å². The molecule has 0 aliphatic carbocycles. The number of halogens is 1. The minimum absolute atomic E-state index is 0.0295. The lowest BCUT2D eigenvalue weighted by molar-refractivity contribution is -0.141. The van der Waals surface area contributed by atoms with E-state index in [0.717, 1.165) is 28.4 Å². The number of rotatable bonds is 9. The maximum Gasteiger partial charge on any atom is 0.306 e. The van der Waals surface area contributed by atoms with Crippen LogP contribution in [0.1, 0.15) is 35.2 Å². The van der Waals surface area contributed by atoms with Gasteiger partial charge in [-0.25, -0.2) is 0 Å².